The molecule has 0 atom stereocenters. The Morgan fingerprint density at radius 2 is 1.80 bits per heavy atom. The van der Waals surface area contributed by atoms with Crippen LogP contribution >= 0.6 is 15.9 Å². The average molecular weight is 199 g/mol. The van der Waals surface area contributed by atoms with Crippen LogP contribution in [-0.4, -0.2) is 4.98 Å². The second kappa shape index (κ2) is 2.70. The fourth-order valence-electron chi connectivity index (χ4n) is 0.737. The minimum atomic E-state index is 0.968. The Bertz CT molecular complexity index is 229. The summed E-state index contributed by atoms with van der Waals surface area (Å²) in [6.07, 6.45) is 2.88. The minimum Gasteiger partial charge on any atom is -0.250 e. The molecule has 0 saturated heterocycles. The Morgan fingerprint density at radius 1 is 1.20 bits per heavy atom. The molecule has 0 aliphatic carbocycles. The zero-order valence-corrected chi connectivity index (χ0v) is 7.91. The maximum Gasteiger partial charge on any atom is 0.105 e. The van der Waals surface area contributed by atoms with Crippen LogP contribution in [0.3, 0.4) is 0 Å². The van der Waals surface area contributed by atoms with Gasteiger partial charge in [-0.1, -0.05) is 0 Å². The largest absolute Gasteiger partial charge is 0.250 e. The third-order valence-electron chi connectivity index (χ3n) is 1.76. The van der Waals surface area contributed by atoms with E-state index >= 15 is 0 Å². The second-order valence-electron chi connectivity index (χ2n) is 2.37. The molecule has 53 valence electrons. The summed E-state index contributed by atoms with van der Waals surface area (Å²) in [6.45, 7) is 6.12. The highest BCUT2D eigenvalue weighted by Crippen LogP contribution is 2.18. The molecule has 0 N–H and O–H groups in total. The number of hydrogen-bond donors (Lipinski definition) is 0. The van der Waals surface area contributed by atoms with Gasteiger partial charge in [0.1, 0.15) is 6.20 Å². The van der Waals surface area contributed by atoms with Gasteiger partial charge < -0.3 is 0 Å². The van der Waals surface area contributed by atoms with Crippen LogP contribution in [0.15, 0.2) is 4.47 Å². The summed E-state index contributed by atoms with van der Waals surface area (Å²) < 4.78 is 0.968. The van der Waals surface area contributed by atoms with E-state index in [1.807, 2.05) is 6.92 Å². The highest BCUT2D eigenvalue weighted by Gasteiger charge is 2.01. The van der Waals surface area contributed by atoms with Crippen LogP contribution in [0, 0.1) is 27.0 Å². The Balaban J connectivity index is 3.34. The zero-order chi connectivity index (χ0) is 7.72. The molecule has 1 nitrogen and oxygen atoms in total. The maximum atomic E-state index is 4.07. The van der Waals surface area contributed by atoms with Crippen molar-refractivity contribution in [2.45, 2.75) is 20.8 Å². The first-order valence-electron chi connectivity index (χ1n) is 3.14. The molecule has 1 heterocycles. The van der Waals surface area contributed by atoms with E-state index < -0.39 is 0 Å². The van der Waals surface area contributed by atoms with Gasteiger partial charge in [0.2, 0.25) is 0 Å². The Hall–Kier alpha value is -0.370. The molecular weight excluding hydrogens is 190 g/mol. The molecule has 10 heavy (non-hydrogen) atoms. The molecule has 0 spiro atoms. The molecule has 1 aromatic heterocycles. The third kappa shape index (κ3) is 1.21. The van der Waals surface area contributed by atoms with Gasteiger partial charge in [-0.05, 0) is 47.8 Å². The van der Waals surface area contributed by atoms with Crippen LogP contribution in [0.2, 0.25) is 0 Å². The van der Waals surface area contributed by atoms with E-state index in [2.05, 4.69) is 41.0 Å². The molecule has 2 heteroatoms. The van der Waals surface area contributed by atoms with Crippen molar-refractivity contribution in [1.82, 2.24) is 4.98 Å². The first kappa shape index (κ1) is 7.73. The quantitative estimate of drug-likeness (QED) is 0.625. The molecule has 0 fully saturated rings. The van der Waals surface area contributed by atoms with E-state index in [4.69, 9.17) is 0 Å². The van der Waals surface area contributed by atoms with Gasteiger partial charge in [-0.15, -0.1) is 0 Å². The van der Waals surface area contributed by atoms with Crippen LogP contribution in [0.25, 0.3) is 0 Å². The highest BCUT2D eigenvalue weighted by molar-refractivity contribution is 9.10. The van der Waals surface area contributed by atoms with Crippen molar-refractivity contribution < 1.29 is 0 Å². The highest BCUT2D eigenvalue weighted by atomic mass is 79.9. The summed E-state index contributed by atoms with van der Waals surface area (Å²) in [5.74, 6) is 0. The number of hydrogen-bond acceptors (Lipinski definition) is 1. The molecule has 0 aromatic carbocycles. The second-order valence-corrected chi connectivity index (χ2v) is 3.17. The molecule has 0 aliphatic rings. The Morgan fingerprint density at radius 3 is 2.30 bits per heavy atom. The molecule has 0 amide bonds. The van der Waals surface area contributed by atoms with Crippen molar-refractivity contribution in [3.05, 3.63) is 27.5 Å². The van der Waals surface area contributed by atoms with Gasteiger partial charge >= 0.3 is 0 Å². The first-order chi connectivity index (χ1) is 4.63. The summed E-state index contributed by atoms with van der Waals surface area (Å²) >= 11 is 3.36. The van der Waals surface area contributed by atoms with Gasteiger partial charge in [0.25, 0.3) is 0 Å². The number of nitrogens with zero attached hydrogens (tertiary/aromatic N) is 1. The van der Waals surface area contributed by atoms with E-state index in [1.165, 1.54) is 11.1 Å². The predicted octanol–water partition coefficient (Wildman–Crippen LogP) is 2.57. The van der Waals surface area contributed by atoms with Crippen LogP contribution in [-0.2, 0) is 0 Å². The molecule has 0 saturated carbocycles. The molecule has 1 aromatic rings. The fraction of sp³-hybridized carbons (Fsp3) is 0.375. The van der Waals surface area contributed by atoms with Crippen LogP contribution in [0.5, 0.6) is 0 Å². The van der Waals surface area contributed by atoms with Crippen LogP contribution in [0.1, 0.15) is 16.8 Å². The zero-order valence-electron chi connectivity index (χ0n) is 6.33. The predicted molar refractivity (Wildman–Crippen MR) is 45.0 cm³/mol. The summed E-state index contributed by atoms with van der Waals surface area (Å²) in [4.78, 5) is 4.07. The smallest absolute Gasteiger partial charge is 0.105 e. The van der Waals surface area contributed by atoms with E-state index in [-0.39, 0.29) is 0 Å². The number of halogens is 1. The lowest BCUT2D eigenvalue weighted by atomic mass is 10.1. The van der Waals surface area contributed by atoms with Crippen LogP contribution in [0.4, 0.5) is 0 Å². The van der Waals surface area contributed by atoms with Crippen LogP contribution < -0.4 is 0 Å². The molecule has 0 bridgehead atoms. The normalized spacial score (nSPS) is 10.0. The average Bonchev–Trinajstić information content (AvgIpc) is 1.93. The minimum absolute atomic E-state index is 0.968. The van der Waals surface area contributed by atoms with E-state index in [9.17, 15) is 0 Å². The summed E-state index contributed by atoms with van der Waals surface area (Å²) in [5, 5.41) is 0. The van der Waals surface area contributed by atoms with Crippen molar-refractivity contribution >= 4 is 15.9 Å². The number of aryl methyl sites for hydroxylation is 1. The standard InChI is InChI=1S/C8H9BrN/c1-5-6(2)8(9)4-10-7(5)3/h1-3H3. The van der Waals surface area contributed by atoms with Gasteiger partial charge in [-0.3, -0.25) is 0 Å². The molecule has 1 radical (unpaired) electrons. The molecule has 0 unspecified atom stereocenters. The van der Waals surface area contributed by atoms with Crippen molar-refractivity contribution in [3.8, 4) is 0 Å². The van der Waals surface area contributed by atoms with Crippen molar-refractivity contribution in [1.29, 1.82) is 0 Å². The number of aromatic nitrogens is 1. The van der Waals surface area contributed by atoms with Gasteiger partial charge in [-0.25, -0.2) is 4.98 Å². The van der Waals surface area contributed by atoms with E-state index in [0.717, 1.165) is 10.2 Å². The summed E-state index contributed by atoms with van der Waals surface area (Å²) in [5.41, 5.74) is 3.53. The summed E-state index contributed by atoms with van der Waals surface area (Å²) in [6, 6.07) is 0. The van der Waals surface area contributed by atoms with Crippen molar-refractivity contribution in [3.63, 3.8) is 0 Å². The summed E-state index contributed by atoms with van der Waals surface area (Å²) in [7, 11) is 0. The van der Waals surface area contributed by atoms with Crippen molar-refractivity contribution in [2.75, 3.05) is 0 Å². The Labute approximate surface area is 69.6 Å². The lowest BCUT2D eigenvalue weighted by molar-refractivity contribution is 1.10. The molecule has 1 rings (SSSR count). The lowest BCUT2D eigenvalue weighted by Crippen LogP contribution is -1.91. The lowest BCUT2D eigenvalue weighted by Gasteiger charge is -2.03. The van der Waals surface area contributed by atoms with E-state index in [0.29, 0.717) is 0 Å². The SMILES string of the molecule is Cc1n[c]c(Br)c(C)c1C. The van der Waals surface area contributed by atoms with Gasteiger partial charge in [-0.2, -0.15) is 0 Å². The fourth-order valence-corrected chi connectivity index (χ4v) is 1.12. The molecule has 0 aliphatic heterocycles. The van der Waals surface area contributed by atoms with Crippen molar-refractivity contribution in [2.24, 2.45) is 0 Å². The maximum absolute atomic E-state index is 4.07. The topological polar surface area (TPSA) is 12.9 Å². The van der Waals surface area contributed by atoms with Gasteiger partial charge in [0.15, 0.2) is 0 Å². The number of pyridine rings is 1. The first-order valence-corrected chi connectivity index (χ1v) is 3.93. The molecular formula is C8H9BrN. The third-order valence-corrected chi connectivity index (χ3v) is 2.53. The number of rotatable bonds is 0. The van der Waals surface area contributed by atoms with E-state index in [1.54, 1.807) is 0 Å². The van der Waals surface area contributed by atoms with Gasteiger partial charge in [0, 0.05) is 10.2 Å². The Kier molecular flexibility index (Phi) is 2.09. The van der Waals surface area contributed by atoms with Gasteiger partial charge in [0.05, 0.1) is 0 Å². The monoisotopic (exact) mass is 198 g/mol.